The van der Waals surface area contributed by atoms with Crippen molar-refractivity contribution in [3.63, 3.8) is 0 Å². The number of hydrogen-bond acceptors (Lipinski definition) is 4. The number of nitrogens with zero attached hydrogens (tertiary/aromatic N) is 2. The third-order valence-corrected chi connectivity index (χ3v) is 4.89. The van der Waals surface area contributed by atoms with Gasteiger partial charge in [0.2, 0.25) is 0 Å². The Morgan fingerprint density at radius 1 is 1.17 bits per heavy atom. The van der Waals surface area contributed by atoms with E-state index in [0.717, 1.165) is 5.82 Å². The fourth-order valence-corrected chi connectivity index (χ4v) is 3.16. The molecule has 1 aliphatic heterocycles. The summed E-state index contributed by atoms with van der Waals surface area (Å²) < 4.78 is 22.7. The summed E-state index contributed by atoms with van der Waals surface area (Å²) in [5.41, 5.74) is 1.28. The molecule has 2 heterocycles. The average molecular weight is 268 g/mol. The van der Waals surface area contributed by atoms with Gasteiger partial charge >= 0.3 is 0 Å². The lowest BCUT2D eigenvalue weighted by Gasteiger charge is -2.28. The summed E-state index contributed by atoms with van der Waals surface area (Å²) in [6, 6.07) is 4.06. The predicted octanol–water partition coefficient (Wildman–Crippen LogP) is 1.61. The van der Waals surface area contributed by atoms with Crippen LogP contribution in [-0.2, 0) is 15.3 Å². The van der Waals surface area contributed by atoms with Crippen LogP contribution in [0.15, 0.2) is 18.3 Å². The summed E-state index contributed by atoms with van der Waals surface area (Å²) in [4.78, 5) is 6.48. The van der Waals surface area contributed by atoms with Gasteiger partial charge in [-0.05, 0) is 17.0 Å². The van der Waals surface area contributed by atoms with Crippen LogP contribution in [0.25, 0.3) is 0 Å². The second kappa shape index (κ2) is 4.53. The number of aromatic nitrogens is 1. The normalized spacial score (nSPS) is 19.8. The molecule has 1 aliphatic rings. The highest BCUT2D eigenvalue weighted by Gasteiger charge is 2.22. The van der Waals surface area contributed by atoms with E-state index in [1.165, 1.54) is 5.56 Å². The zero-order valence-electron chi connectivity index (χ0n) is 11.2. The van der Waals surface area contributed by atoms with Gasteiger partial charge in [-0.25, -0.2) is 13.4 Å². The first kappa shape index (κ1) is 13.3. The van der Waals surface area contributed by atoms with Gasteiger partial charge in [-0.15, -0.1) is 0 Å². The molecule has 1 aromatic heterocycles. The lowest BCUT2D eigenvalue weighted by Crippen LogP contribution is -2.40. The van der Waals surface area contributed by atoms with E-state index >= 15 is 0 Å². The molecular formula is C13H20N2O2S. The lowest BCUT2D eigenvalue weighted by molar-refractivity contribution is 0.584. The van der Waals surface area contributed by atoms with Crippen molar-refractivity contribution < 1.29 is 8.42 Å². The maximum absolute atomic E-state index is 11.4. The highest BCUT2D eigenvalue weighted by atomic mass is 32.2. The fourth-order valence-electron chi connectivity index (χ4n) is 1.96. The first-order chi connectivity index (χ1) is 8.28. The van der Waals surface area contributed by atoms with Gasteiger partial charge in [-0.2, -0.15) is 0 Å². The van der Waals surface area contributed by atoms with E-state index in [4.69, 9.17) is 0 Å². The Morgan fingerprint density at radius 3 is 2.22 bits per heavy atom. The zero-order valence-corrected chi connectivity index (χ0v) is 12.0. The standard InChI is InChI=1S/C13H20N2O2S/c1-13(2,3)11-4-5-12(14-10-11)15-6-8-18(16,17)9-7-15/h4-5,10H,6-9H2,1-3H3. The van der Waals surface area contributed by atoms with Crippen LogP contribution in [0.1, 0.15) is 26.3 Å². The van der Waals surface area contributed by atoms with E-state index in [9.17, 15) is 8.42 Å². The second-order valence-corrected chi connectivity index (χ2v) is 8.10. The first-order valence-corrected chi connectivity index (χ1v) is 8.02. The average Bonchev–Trinajstić information content (AvgIpc) is 2.28. The molecule has 0 amide bonds. The molecule has 18 heavy (non-hydrogen) atoms. The van der Waals surface area contributed by atoms with Gasteiger partial charge in [0.1, 0.15) is 5.82 Å². The van der Waals surface area contributed by atoms with Gasteiger partial charge < -0.3 is 4.90 Å². The van der Waals surface area contributed by atoms with Crippen LogP contribution in [0.5, 0.6) is 0 Å². The molecule has 1 fully saturated rings. The summed E-state index contributed by atoms with van der Waals surface area (Å²) in [6.45, 7) is 7.54. The Balaban J connectivity index is 2.12. The van der Waals surface area contributed by atoms with Crippen molar-refractivity contribution in [3.05, 3.63) is 23.9 Å². The Kier molecular flexibility index (Phi) is 3.36. The SMILES string of the molecule is CC(C)(C)c1ccc(N2CCS(=O)(=O)CC2)nc1. The predicted molar refractivity (Wildman–Crippen MR) is 73.8 cm³/mol. The maximum atomic E-state index is 11.4. The van der Waals surface area contributed by atoms with Crippen molar-refractivity contribution in [2.75, 3.05) is 29.5 Å². The summed E-state index contributed by atoms with van der Waals surface area (Å²) in [6.07, 6.45) is 1.89. The van der Waals surface area contributed by atoms with E-state index in [-0.39, 0.29) is 16.9 Å². The number of sulfone groups is 1. The molecule has 0 unspecified atom stereocenters. The molecule has 0 aliphatic carbocycles. The monoisotopic (exact) mass is 268 g/mol. The summed E-state index contributed by atoms with van der Waals surface area (Å²) >= 11 is 0. The van der Waals surface area contributed by atoms with E-state index in [2.05, 4.69) is 31.8 Å². The van der Waals surface area contributed by atoms with Crippen molar-refractivity contribution in [1.82, 2.24) is 4.98 Å². The zero-order chi connectivity index (χ0) is 13.4. The molecule has 4 nitrogen and oxygen atoms in total. The van der Waals surface area contributed by atoms with E-state index in [1.807, 2.05) is 17.2 Å². The van der Waals surface area contributed by atoms with E-state index in [1.54, 1.807) is 0 Å². The van der Waals surface area contributed by atoms with Crippen molar-refractivity contribution in [3.8, 4) is 0 Å². The molecule has 5 heteroatoms. The molecule has 100 valence electrons. The molecule has 2 rings (SSSR count). The Labute approximate surface area is 109 Å². The van der Waals surface area contributed by atoms with Crippen molar-refractivity contribution in [2.45, 2.75) is 26.2 Å². The lowest BCUT2D eigenvalue weighted by atomic mass is 9.88. The van der Waals surface area contributed by atoms with Gasteiger partial charge in [-0.3, -0.25) is 0 Å². The van der Waals surface area contributed by atoms with Crippen LogP contribution in [0.2, 0.25) is 0 Å². The van der Waals surface area contributed by atoms with Crippen LogP contribution in [0.4, 0.5) is 5.82 Å². The maximum Gasteiger partial charge on any atom is 0.153 e. The van der Waals surface area contributed by atoms with Gasteiger partial charge in [0.05, 0.1) is 11.5 Å². The van der Waals surface area contributed by atoms with Crippen molar-refractivity contribution in [2.24, 2.45) is 0 Å². The summed E-state index contributed by atoms with van der Waals surface area (Å²) in [5, 5.41) is 0. The van der Waals surface area contributed by atoms with Gasteiger partial charge in [-0.1, -0.05) is 26.8 Å². The number of pyridine rings is 1. The molecule has 0 spiro atoms. The third kappa shape index (κ3) is 3.02. The number of anilines is 1. The summed E-state index contributed by atoms with van der Waals surface area (Å²) in [7, 11) is -2.82. The van der Waals surface area contributed by atoms with Gasteiger partial charge in [0.15, 0.2) is 9.84 Å². The number of hydrogen-bond donors (Lipinski definition) is 0. The Hall–Kier alpha value is -1.10. The van der Waals surface area contributed by atoms with E-state index < -0.39 is 9.84 Å². The number of rotatable bonds is 1. The molecular weight excluding hydrogens is 248 g/mol. The molecule has 0 saturated carbocycles. The van der Waals surface area contributed by atoms with Crippen LogP contribution < -0.4 is 4.90 Å². The van der Waals surface area contributed by atoms with Crippen molar-refractivity contribution in [1.29, 1.82) is 0 Å². The molecule has 0 atom stereocenters. The minimum atomic E-state index is -2.82. The fraction of sp³-hybridized carbons (Fsp3) is 0.615. The topological polar surface area (TPSA) is 50.3 Å². The van der Waals surface area contributed by atoms with Crippen LogP contribution in [0, 0.1) is 0 Å². The quantitative estimate of drug-likeness (QED) is 0.776. The van der Waals surface area contributed by atoms with Crippen molar-refractivity contribution >= 4 is 15.7 Å². The highest BCUT2D eigenvalue weighted by molar-refractivity contribution is 7.91. The third-order valence-electron chi connectivity index (χ3n) is 3.28. The Morgan fingerprint density at radius 2 is 1.78 bits per heavy atom. The first-order valence-electron chi connectivity index (χ1n) is 6.20. The minimum Gasteiger partial charge on any atom is -0.355 e. The van der Waals surface area contributed by atoms with Gasteiger partial charge in [0.25, 0.3) is 0 Å². The van der Waals surface area contributed by atoms with Crippen LogP contribution in [-0.4, -0.2) is 38.0 Å². The van der Waals surface area contributed by atoms with E-state index in [0.29, 0.717) is 13.1 Å². The molecule has 1 aromatic rings. The highest BCUT2D eigenvalue weighted by Crippen LogP contribution is 2.23. The van der Waals surface area contributed by atoms with Crippen LogP contribution >= 0.6 is 0 Å². The summed E-state index contributed by atoms with van der Waals surface area (Å²) in [5.74, 6) is 1.34. The molecule has 0 radical (unpaired) electrons. The van der Waals surface area contributed by atoms with Crippen LogP contribution in [0.3, 0.4) is 0 Å². The van der Waals surface area contributed by atoms with Gasteiger partial charge in [0, 0.05) is 19.3 Å². The minimum absolute atomic E-state index is 0.0940. The molecule has 0 bridgehead atoms. The molecule has 0 aromatic carbocycles. The smallest absolute Gasteiger partial charge is 0.153 e. The second-order valence-electron chi connectivity index (χ2n) is 5.79. The molecule has 1 saturated heterocycles. The molecule has 0 N–H and O–H groups in total. The Bertz CT molecular complexity index is 501. The largest absolute Gasteiger partial charge is 0.355 e.